The van der Waals surface area contributed by atoms with Gasteiger partial charge in [0.2, 0.25) is 5.82 Å². The van der Waals surface area contributed by atoms with Crippen LogP contribution in [0.1, 0.15) is 5.89 Å². The third-order valence-corrected chi connectivity index (χ3v) is 4.57. The van der Waals surface area contributed by atoms with Gasteiger partial charge in [0.25, 0.3) is 5.89 Å². The summed E-state index contributed by atoms with van der Waals surface area (Å²) < 4.78 is 20.5. The number of methoxy groups -OCH3 is 2. The van der Waals surface area contributed by atoms with Gasteiger partial charge < -0.3 is 18.7 Å². The molecule has 0 N–H and O–H groups in total. The minimum absolute atomic E-state index is 0.0643. The maximum absolute atomic E-state index is 11.9. The van der Waals surface area contributed by atoms with Crippen molar-refractivity contribution in [3.05, 3.63) is 54.4 Å². The minimum Gasteiger partial charge on any atom is -0.497 e. The lowest BCUT2D eigenvalue weighted by molar-refractivity contribution is -0.142. The highest BCUT2D eigenvalue weighted by atomic mass is 32.2. The fourth-order valence-electron chi connectivity index (χ4n) is 2.17. The van der Waals surface area contributed by atoms with E-state index in [2.05, 4.69) is 10.1 Å². The Morgan fingerprint density at radius 3 is 2.26 bits per heavy atom. The first-order chi connectivity index (χ1) is 13.2. The predicted octanol–water partition coefficient (Wildman–Crippen LogP) is 3.59. The molecule has 0 bridgehead atoms. The Morgan fingerprint density at radius 2 is 1.63 bits per heavy atom. The Bertz CT molecular complexity index is 878. The van der Waals surface area contributed by atoms with Crippen LogP contribution in [0.2, 0.25) is 0 Å². The number of thioether (sulfide) groups is 1. The van der Waals surface area contributed by atoms with Crippen molar-refractivity contribution < 1.29 is 23.5 Å². The summed E-state index contributed by atoms with van der Waals surface area (Å²) in [5, 5.41) is 3.89. The van der Waals surface area contributed by atoms with Gasteiger partial charge in [0.05, 0.1) is 20.0 Å². The molecule has 0 atom stereocenters. The van der Waals surface area contributed by atoms with E-state index < -0.39 is 0 Å². The monoisotopic (exact) mass is 386 g/mol. The van der Waals surface area contributed by atoms with Crippen LogP contribution < -0.4 is 9.47 Å². The Hall–Kier alpha value is -3.00. The first-order valence-electron chi connectivity index (χ1n) is 8.07. The van der Waals surface area contributed by atoms with Crippen molar-refractivity contribution in [2.45, 2.75) is 11.5 Å². The molecule has 0 aliphatic carbocycles. The van der Waals surface area contributed by atoms with Crippen LogP contribution in [-0.2, 0) is 16.1 Å². The lowest BCUT2D eigenvalue weighted by Gasteiger charge is -2.03. The normalized spacial score (nSPS) is 10.4. The van der Waals surface area contributed by atoms with Crippen molar-refractivity contribution in [3.8, 4) is 22.9 Å². The molecule has 0 unspecified atom stereocenters. The number of hydrogen-bond donors (Lipinski definition) is 0. The second-order valence-electron chi connectivity index (χ2n) is 5.37. The zero-order chi connectivity index (χ0) is 19.1. The van der Waals surface area contributed by atoms with Gasteiger partial charge in [-0.3, -0.25) is 4.79 Å². The zero-order valence-electron chi connectivity index (χ0n) is 14.9. The lowest BCUT2D eigenvalue weighted by atomic mass is 10.2. The van der Waals surface area contributed by atoms with E-state index >= 15 is 0 Å². The molecule has 0 radical (unpaired) electrons. The summed E-state index contributed by atoms with van der Waals surface area (Å²) >= 11 is 1.38. The third-order valence-electron chi connectivity index (χ3n) is 3.59. The van der Waals surface area contributed by atoms with Crippen molar-refractivity contribution in [1.82, 2.24) is 10.1 Å². The summed E-state index contributed by atoms with van der Waals surface area (Å²) in [6.45, 7) is -0.0643. The van der Waals surface area contributed by atoms with Crippen molar-refractivity contribution in [2.24, 2.45) is 0 Å². The summed E-state index contributed by atoms with van der Waals surface area (Å²) in [4.78, 5) is 17.1. The highest BCUT2D eigenvalue weighted by Crippen LogP contribution is 2.22. The van der Waals surface area contributed by atoms with Gasteiger partial charge in [0.1, 0.15) is 11.5 Å². The summed E-state index contributed by atoms with van der Waals surface area (Å²) in [6.07, 6.45) is 0. The number of carbonyl (C=O) groups excluding carboxylic acids is 1. The fourth-order valence-corrected chi connectivity index (χ4v) is 2.87. The van der Waals surface area contributed by atoms with Gasteiger partial charge >= 0.3 is 5.97 Å². The number of esters is 1. The Labute approximate surface area is 160 Å². The molecule has 3 aromatic rings. The molecule has 0 fully saturated rings. The van der Waals surface area contributed by atoms with Crippen LogP contribution in [0.5, 0.6) is 11.5 Å². The van der Waals surface area contributed by atoms with E-state index in [1.54, 1.807) is 14.2 Å². The van der Waals surface area contributed by atoms with Crippen LogP contribution in [0.3, 0.4) is 0 Å². The van der Waals surface area contributed by atoms with Crippen LogP contribution >= 0.6 is 11.8 Å². The van der Waals surface area contributed by atoms with E-state index in [4.69, 9.17) is 18.7 Å². The summed E-state index contributed by atoms with van der Waals surface area (Å²) in [6, 6.07) is 14.7. The molecule has 0 aliphatic heterocycles. The van der Waals surface area contributed by atoms with Gasteiger partial charge in [0, 0.05) is 10.5 Å². The highest BCUT2D eigenvalue weighted by Gasteiger charge is 2.12. The van der Waals surface area contributed by atoms with Gasteiger partial charge in [0.15, 0.2) is 6.61 Å². The number of nitrogens with zero attached hydrogens (tertiary/aromatic N) is 2. The molecule has 27 heavy (non-hydrogen) atoms. The Morgan fingerprint density at radius 1 is 1.00 bits per heavy atom. The standard InChI is InChI=1S/C19H18N2O5S/c1-23-14-5-3-13(4-6-14)19-20-17(26-21-19)11-25-18(22)12-27-16-9-7-15(24-2)8-10-16/h3-10H,11-12H2,1-2H3. The Kier molecular flexibility index (Phi) is 6.32. The first-order valence-corrected chi connectivity index (χ1v) is 9.06. The maximum Gasteiger partial charge on any atom is 0.316 e. The van der Waals surface area contributed by atoms with E-state index in [0.717, 1.165) is 22.0 Å². The van der Waals surface area contributed by atoms with Crippen molar-refractivity contribution in [3.63, 3.8) is 0 Å². The molecular weight excluding hydrogens is 368 g/mol. The number of hydrogen-bond acceptors (Lipinski definition) is 8. The van der Waals surface area contributed by atoms with Crippen LogP contribution in [0, 0.1) is 0 Å². The molecule has 2 aromatic carbocycles. The van der Waals surface area contributed by atoms with Gasteiger partial charge in [-0.1, -0.05) is 5.16 Å². The van der Waals surface area contributed by atoms with Crippen LogP contribution in [-0.4, -0.2) is 36.1 Å². The fraction of sp³-hybridized carbons (Fsp3) is 0.211. The van der Waals surface area contributed by atoms with Crippen molar-refractivity contribution >= 4 is 17.7 Å². The van der Waals surface area contributed by atoms with E-state index in [0.29, 0.717) is 5.82 Å². The molecular formula is C19H18N2O5S. The second kappa shape index (κ2) is 9.09. The maximum atomic E-state index is 11.9. The van der Waals surface area contributed by atoms with Crippen LogP contribution in [0.4, 0.5) is 0 Å². The predicted molar refractivity (Wildman–Crippen MR) is 99.8 cm³/mol. The zero-order valence-corrected chi connectivity index (χ0v) is 15.7. The van der Waals surface area contributed by atoms with Crippen molar-refractivity contribution in [2.75, 3.05) is 20.0 Å². The molecule has 0 amide bonds. The van der Waals surface area contributed by atoms with Crippen molar-refractivity contribution in [1.29, 1.82) is 0 Å². The first kappa shape index (κ1) is 18.8. The molecule has 0 spiro atoms. The molecule has 0 aliphatic rings. The largest absolute Gasteiger partial charge is 0.497 e. The van der Waals surface area contributed by atoms with Gasteiger partial charge in [-0.05, 0) is 48.5 Å². The second-order valence-corrected chi connectivity index (χ2v) is 6.41. The third kappa shape index (κ3) is 5.24. The number of rotatable bonds is 8. The summed E-state index contributed by atoms with van der Waals surface area (Å²) in [5.74, 6) is 2.00. The average Bonchev–Trinajstić information content (AvgIpc) is 3.20. The lowest BCUT2D eigenvalue weighted by Crippen LogP contribution is -2.07. The van der Waals surface area contributed by atoms with Crippen LogP contribution in [0.15, 0.2) is 57.9 Å². The van der Waals surface area contributed by atoms with E-state index in [1.165, 1.54) is 11.8 Å². The Balaban J connectivity index is 1.47. The molecule has 140 valence electrons. The SMILES string of the molecule is COc1ccc(SCC(=O)OCc2nc(-c3ccc(OC)cc3)no2)cc1. The van der Waals surface area contributed by atoms with Gasteiger partial charge in [-0.25, -0.2) is 0 Å². The number of benzene rings is 2. The van der Waals surface area contributed by atoms with Crippen LogP contribution in [0.25, 0.3) is 11.4 Å². The molecule has 8 heteroatoms. The molecule has 0 saturated heterocycles. The highest BCUT2D eigenvalue weighted by molar-refractivity contribution is 8.00. The molecule has 1 heterocycles. The molecule has 3 rings (SSSR count). The van der Waals surface area contributed by atoms with Gasteiger partial charge in [-0.2, -0.15) is 4.98 Å². The minimum atomic E-state index is -0.361. The quantitative estimate of drug-likeness (QED) is 0.429. The summed E-state index contributed by atoms with van der Waals surface area (Å²) in [5.41, 5.74) is 0.784. The topological polar surface area (TPSA) is 83.7 Å². The van der Waals surface area contributed by atoms with E-state index in [1.807, 2.05) is 48.5 Å². The molecule has 7 nitrogen and oxygen atoms in total. The van der Waals surface area contributed by atoms with E-state index in [9.17, 15) is 4.79 Å². The van der Waals surface area contributed by atoms with E-state index in [-0.39, 0.29) is 24.2 Å². The number of aromatic nitrogens is 2. The molecule has 1 aromatic heterocycles. The summed E-state index contributed by atoms with van der Waals surface area (Å²) in [7, 11) is 3.21. The smallest absolute Gasteiger partial charge is 0.316 e. The number of carbonyl (C=O) groups is 1. The number of ether oxygens (including phenoxy) is 3. The van der Waals surface area contributed by atoms with Gasteiger partial charge in [-0.15, -0.1) is 11.8 Å². The molecule has 0 saturated carbocycles. The average molecular weight is 386 g/mol.